The Bertz CT molecular complexity index is 205. The van der Waals surface area contributed by atoms with Crippen molar-refractivity contribution in [1.82, 2.24) is 21.5 Å². The molecule has 0 aromatic rings. The molecule has 4 N–H and O–H groups in total. The number of carbonyl (C=O) groups excluding carboxylic acids is 1. The number of thiocarbonyl (C=S) groups is 1. The van der Waals surface area contributed by atoms with Crippen LogP contribution >= 0.6 is 12.2 Å². The lowest BCUT2D eigenvalue weighted by atomic mass is 10.4. The molecule has 5 nitrogen and oxygen atoms in total. The topological polar surface area (TPSA) is 65.2 Å². The number of rotatable bonds is 2. The average Bonchev–Trinajstić information content (AvgIpc) is 2.94. The molecular weight excluding hydrogens is 188 g/mol. The first-order valence-corrected chi connectivity index (χ1v) is 4.64. The molecule has 0 aliphatic heterocycles. The Morgan fingerprint density at radius 1 is 1.46 bits per heavy atom. The molecule has 1 saturated carbocycles. The Morgan fingerprint density at radius 3 is 2.69 bits per heavy atom. The van der Waals surface area contributed by atoms with Gasteiger partial charge in [-0.2, -0.15) is 0 Å². The van der Waals surface area contributed by atoms with Crippen molar-refractivity contribution in [2.45, 2.75) is 12.8 Å². The fourth-order valence-corrected chi connectivity index (χ4v) is 0.830. The molecule has 0 aromatic carbocycles. The highest BCUT2D eigenvalue weighted by atomic mass is 32.1. The maximum Gasteiger partial charge on any atom is 0.333 e. The number of hydrogen-bond acceptors (Lipinski definition) is 2. The van der Waals surface area contributed by atoms with Crippen LogP contribution in [0, 0.1) is 5.92 Å². The summed E-state index contributed by atoms with van der Waals surface area (Å²) in [6.45, 7) is 0.750. The quantitative estimate of drug-likeness (QED) is 0.367. The van der Waals surface area contributed by atoms with E-state index < -0.39 is 0 Å². The molecule has 2 amide bonds. The Morgan fingerprint density at radius 2 is 2.15 bits per heavy atom. The van der Waals surface area contributed by atoms with E-state index in [0.29, 0.717) is 11.0 Å². The molecule has 1 rings (SSSR count). The molecule has 74 valence electrons. The second-order valence-corrected chi connectivity index (χ2v) is 3.39. The van der Waals surface area contributed by atoms with Gasteiger partial charge in [-0.15, -0.1) is 0 Å². The minimum Gasteiger partial charge on any atom is -0.364 e. The third kappa shape index (κ3) is 4.51. The minimum atomic E-state index is -0.246. The molecule has 1 aliphatic rings. The molecule has 0 bridgehead atoms. The van der Waals surface area contributed by atoms with Crippen molar-refractivity contribution in [3.05, 3.63) is 0 Å². The van der Waals surface area contributed by atoms with Crippen LogP contribution in [0.2, 0.25) is 0 Å². The Labute approximate surface area is 82.6 Å². The van der Waals surface area contributed by atoms with Gasteiger partial charge in [0.05, 0.1) is 0 Å². The fourth-order valence-electron chi connectivity index (χ4n) is 0.779. The van der Waals surface area contributed by atoms with Gasteiger partial charge in [0.1, 0.15) is 0 Å². The third-order valence-electron chi connectivity index (χ3n) is 1.76. The highest BCUT2D eigenvalue weighted by Gasteiger charge is 2.21. The van der Waals surface area contributed by atoms with Crippen LogP contribution in [0.15, 0.2) is 0 Å². The average molecular weight is 202 g/mol. The van der Waals surface area contributed by atoms with E-state index in [1.54, 1.807) is 7.05 Å². The van der Waals surface area contributed by atoms with Crippen LogP contribution in [0.3, 0.4) is 0 Å². The standard InChI is InChI=1S/C7H14N4OS/c1-8-7(13)11-10-6(12)9-4-5-2-3-5/h5H,2-4H2,1H3,(H2,8,11,13)(H2,9,10,12). The van der Waals surface area contributed by atoms with Gasteiger partial charge < -0.3 is 10.6 Å². The van der Waals surface area contributed by atoms with Gasteiger partial charge in [0, 0.05) is 13.6 Å². The van der Waals surface area contributed by atoms with Gasteiger partial charge in [0.25, 0.3) is 0 Å². The molecule has 0 radical (unpaired) electrons. The summed E-state index contributed by atoms with van der Waals surface area (Å²) in [5.74, 6) is 0.682. The van der Waals surface area contributed by atoms with E-state index in [4.69, 9.17) is 12.2 Å². The SMILES string of the molecule is CNC(=S)NNC(=O)NCC1CC1. The summed E-state index contributed by atoms with van der Waals surface area (Å²) in [4.78, 5) is 11.0. The van der Waals surface area contributed by atoms with E-state index in [1.807, 2.05) is 0 Å². The molecule has 0 aromatic heterocycles. The molecule has 0 heterocycles. The zero-order valence-electron chi connectivity index (χ0n) is 7.52. The Balaban J connectivity index is 1.99. The summed E-state index contributed by atoms with van der Waals surface area (Å²) in [6, 6.07) is -0.246. The number of hydrazine groups is 1. The van der Waals surface area contributed by atoms with E-state index >= 15 is 0 Å². The van der Waals surface area contributed by atoms with Crippen molar-refractivity contribution in [3.63, 3.8) is 0 Å². The maximum absolute atomic E-state index is 11.0. The van der Waals surface area contributed by atoms with Gasteiger partial charge in [-0.05, 0) is 31.0 Å². The Hall–Kier alpha value is -1.04. The molecule has 1 fully saturated rings. The van der Waals surface area contributed by atoms with E-state index in [2.05, 4.69) is 21.5 Å². The van der Waals surface area contributed by atoms with E-state index in [1.165, 1.54) is 12.8 Å². The van der Waals surface area contributed by atoms with Crippen molar-refractivity contribution >= 4 is 23.4 Å². The number of carbonyl (C=O) groups is 1. The highest BCUT2D eigenvalue weighted by Crippen LogP contribution is 2.27. The van der Waals surface area contributed by atoms with Gasteiger partial charge in [0.15, 0.2) is 5.11 Å². The van der Waals surface area contributed by atoms with E-state index in [0.717, 1.165) is 6.54 Å². The monoisotopic (exact) mass is 202 g/mol. The van der Waals surface area contributed by atoms with Crippen molar-refractivity contribution in [2.24, 2.45) is 5.92 Å². The van der Waals surface area contributed by atoms with Crippen LogP contribution < -0.4 is 21.5 Å². The summed E-state index contributed by atoms with van der Waals surface area (Å²) in [7, 11) is 1.68. The van der Waals surface area contributed by atoms with Gasteiger partial charge in [-0.1, -0.05) is 0 Å². The van der Waals surface area contributed by atoms with Gasteiger partial charge in [-0.3, -0.25) is 5.43 Å². The zero-order chi connectivity index (χ0) is 9.68. The number of hydrogen-bond donors (Lipinski definition) is 4. The molecule has 13 heavy (non-hydrogen) atoms. The van der Waals surface area contributed by atoms with Crippen molar-refractivity contribution < 1.29 is 4.79 Å². The predicted octanol–water partition coefficient (Wildman–Crippen LogP) is -0.296. The predicted molar refractivity (Wildman–Crippen MR) is 54.1 cm³/mol. The maximum atomic E-state index is 11.0. The van der Waals surface area contributed by atoms with Crippen LogP contribution in [0.1, 0.15) is 12.8 Å². The molecule has 0 spiro atoms. The lowest BCUT2D eigenvalue weighted by molar-refractivity contribution is 0.238. The van der Waals surface area contributed by atoms with Crippen LogP contribution in [0.5, 0.6) is 0 Å². The van der Waals surface area contributed by atoms with E-state index in [-0.39, 0.29) is 6.03 Å². The summed E-state index contributed by atoms with van der Waals surface area (Å²) < 4.78 is 0. The van der Waals surface area contributed by atoms with Crippen LogP contribution in [-0.4, -0.2) is 24.7 Å². The second-order valence-electron chi connectivity index (χ2n) is 2.98. The largest absolute Gasteiger partial charge is 0.364 e. The van der Waals surface area contributed by atoms with Crippen LogP contribution in [0.25, 0.3) is 0 Å². The highest BCUT2D eigenvalue weighted by molar-refractivity contribution is 7.80. The molecule has 0 unspecified atom stereocenters. The lowest BCUT2D eigenvalue weighted by Gasteiger charge is -2.09. The second kappa shape index (κ2) is 4.86. The first kappa shape index (κ1) is 10.0. The number of urea groups is 1. The Kier molecular flexibility index (Phi) is 3.75. The summed E-state index contributed by atoms with van der Waals surface area (Å²) in [6.07, 6.45) is 2.45. The van der Waals surface area contributed by atoms with Crippen molar-refractivity contribution in [2.75, 3.05) is 13.6 Å². The molecule has 0 saturated heterocycles. The van der Waals surface area contributed by atoms with Crippen molar-refractivity contribution in [3.8, 4) is 0 Å². The van der Waals surface area contributed by atoms with Crippen molar-refractivity contribution in [1.29, 1.82) is 0 Å². The molecular formula is C7H14N4OS. The van der Waals surface area contributed by atoms with Gasteiger partial charge >= 0.3 is 6.03 Å². The van der Waals surface area contributed by atoms with Crippen LogP contribution in [-0.2, 0) is 0 Å². The minimum absolute atomic E-state index is 0.246. The van der Waals surface area contributed by atoms with E-state index in [9.17, 15) is 4.79 Å². The summed E-state index contributed by atoms with van der Waals surface area (Å²) in [5, 5.41) is 5.79. The zero-order valence-corrected chi connectivity index (χ0v) is 8.33. The van der Waals surface area contributed by atoms with Crippen LogP contribution in [0.4, 0.5) is 4.79 Å². The third-order valence-corrected chi connectivity index (χ3v) is 2.07. The molecule has 0 atom stereocenters. The first-order valence-electron chi connectivity index (χ1n) is 4.24. The molecule has 1 aliphatic carbocycles. The van der Waals surface area contributed by atoms with Gasteiger partial charge in [0.2, 0.25) is 0 Å². The smallest absolute Gasteiger partial charge is 0.333 e. The molecule has 6 heteroatoms. The summed E-state index contributed by atoms with van der Waals surface area (Å²) in [5.41, 5.74) is 4.95. The number of nitrogens with one attached hydrogen (secondary N) is 4. The first-order chi connectivity index (χ1) is 6.22. The summed E-state index contributed by atoms with van der Waals surface area (Å²) >= 11 is 4.76. The van der Waals surface area contributed by atoms with Gasteiger partial charge in [-0.25, -0.2) is 10.2 Å². The number of amides is 2. The lowest BCUT2D eigenvalue weighted by Crippen LogP contribution is -2.49. The normalized spacial score (nSPS) is 14.5. The fraction of sp³-hybridized carbons (Fsp3) is 0.714.